The fourth-order valence-electron chi connectivity index (χ4n) is 2.08. The first-order valence-electron chi connectivity index (χ1n) is 7.01. The first-order chi connectivity index (χ1) is 9.76. The first-order valence-corrected chi connectivity index (χ1v) is 7.01. The third kappa shape index (κ3) is 2.87. The lowest BCUT2D eigenvalue weighted by Crippen LogP contribution is -2.20. The Bertz CT molecular complexity index is 562. The Morgan fingerprint density at radius 3 is 2.75 bits per heavy atom. The van der Waals surface area contributed by atoms with E-state index in [2.05, 4.69) is 37.5 Å². The van der Waals surface area contributed by atoms with Crippen molar-refractivity contribution in [2.75, 3.05) is 17.2 Å². The molecular formula is C13H19N7. The molecule has 1 aliphatic rings. The van der Waals surface area contributed by atoms with Crippen molar-refractivity contribution >= 4 is 11.9 Å². The molecule has 1 atom stereocenters. The zero-order valence-electron chi connectivity index (χ0n) is 11.7. The lowest BCUT2D eigenvalue weighted by molar-refractivity contribution is 0.684. The van der Waals surface area contributed by atoms with E-state index in [0.717, 1.165) is 12.5 Å². The summed E-state index contributed by atoms with van der Waals surface area (Å²) in [6, 6.07) is 0.391. The molecule has 0 aromatic carbocycles. The summed E-state index contributed by atoms with van der Waals surface area (Å²) in [5, 5.41) is 6.50. The minimum absolute atomic E-state index is 0.391. The Hall–Kier alpha value is -2.18. The van der Waals surface area contributed by atoms with E-state index in [0.29, 0.717) is 23.9 Å². The van der Waals surface area contributed by atoms with Gasteiger partial charge in [-0.15, -0.1) is 0 Å². The molecule has 1 aliphatic carbocycles. The van der Waals surface area contributed by atoms with Crippen LogP contribution in [0.3, 0.4) is 0 Å². The van der Waals surface area contributed by atoms with Crippen molar-refractivity contribution in [1.82, 2.24) is 24.5 Å². The maximum absolute atomic E-state index is 4.46. The van der Waals surface area contributed by atoms with Crippen LogP contribution in [0.25, 0.3) is 5.95 Å². The van der Waals surface area contributed by atoms with Gasteiger partial charge in [-0.3, -0.25) is 4.57 Å². The average molecular weight is 273 g/mol. The van der Waals surface area contributed by atoms with Crippen LogP contribution in [0.15, 0.2) is 18.7 Å². The summed E-state index contributed by atoms with van der Waals surface area (Å²) in [5.74, 6) is 2.50. The smallest absolute Gasteiger partial charge is 0.241 e. The van der Waals surface area contributed by atoms with Crippen LogP contribution in [0, 0.1) is 5.92 Å². The van der Waals surface area contributed by atoms with Crippen molar-refractivity contribution in [2.24, 2.45) is 5.92 Å². The molecule has 106 valence electrons. The molecule has 2 aromatic heterocycles. The van der Waals surface area contributed by atoms with E-state index in [4.69, 9.17) is 0 Å². The number of hydrogen-bond acceptors (Lipinski definition) is 6. The van der Waals surface area contributed by atoms with Gasteiger partial charge in [0.05, 0.1) is 0 Å². The van der Waals surface area contributed by atoms with Gasteiger partial charge in [0, 0.05) is 25.0 Å². The van der Waals surface area contributed by atoms with Gasteiger partial charge in [-0.25, -0.2) is 4.98 Å². The summed E-state index contributed by atoms with van der Waals surface area (Å²) >= 11 is 0. The van der Waals surface area contributed by atoms with Gasteiger partial charge >= 0.3 is 0 Å². The monoisotopic (exact) mass is 273 g/mol. The molecule has 1 fully saturated rings. The van der Waals surface area contributed by atoms with Gasteiger partial charge in [0.2, 0.25) is 17.8 Å². The number of hydrogen-bond donors (Lipinski definition) is 2. The highest BCUT2D eigenvalue weighted by molar-refractivity contribution is 5.38. The molecule has 0 bridgehead atoms. The van der Waals surface area contributed by atoms with Crippen LogP contribution in [0.2, 0.25) is 0 Å². The predicted octanol–water partition coefficient (Wildman–Crippen LogP) is 1.70. The second kappa shape index (κ2) is 5.44. The highest BCUT2D eigenvalue weighted by Crippen LogP contribution is 2.33. The SMILES string of the molecule is CCNc1nc(NC(C)C2CC2)nc(-n2ccnc2)n1. The van der Waals surface area contributed by atoms with Gasteiger partial charge in [-0.05, 0) is 32.6 Å². The Morgan fingerprint density at radius 1 is 1.30 bits per heavy atom. The van der Waals surface area contributed by atoms with Crippen molar-refractivity contribution in [2.45, 2.75) is 32.7 Å². The first kappa shape index (κ1) is 12.8. The van der Waals surface area contributed by atoms with Crippen LogP contribution in [0.5, 0.6) is 0 Å². The van der Waals surface area contributed by atoms with Crippen LogP contribution in [0.4, 0.5) is 11.9 Å². The predicted molar refractivity (Wildman–Crippen MR) is 76.9 cm³/mol. The molecule has 7 heteroatoms. The minimum Gasteiger partial charge on any atom is -0.354 e. The maximum atomic E-state index is 4.46. The van der Waals surface area contributed by atoms with Gasteiger partial charge in [0.1, 0.15) is 6.33 Å². The fourth-order valence-corrected chi connectivity index (χ4v) is 2.08. The minimum atomic E-state index is 0.391. The Balaban J connectivity index is 1.87. The van der Waals surface area contributed by atoms with Gasteiger partial charge in [-0.1, -0.05) is 0 Å². The Kier molecular flexibility index (Phi) is 3.49. The molecule has 20 heavy (non-hydrogen) atoms. The molecule has 2 aromatic rings. The van der Waals surface area contributed by atoms with E-state index >= 15 is 0 Å². The lowest BCUT2D eigenvalue weighted by Gasteiger charge is -2.14. The molecule has 1 saturated carbocycles. The summed E-state index contributed by atoms with van der Waals surface area (Å²) in [6.45, 7) is 4.96. The van der Waals surface area contributed by atoms with Crippen LogP contribution in [-0.2, 0) is 0 Å². The number of aromatic nitrogens is 5. The summed E-state index contributed by atoms with van der Waals surface area (Å²) in [7, 11) is 0. The van der Waals surface area contributed by atoms with Crippen molar-refractivity contribution in [3.05, 3.63) is 18.7 Å². The van der Waals surface area contributed by atoms with Gasteiger partial charge in [-0.2, -0.15) is 15.0 Å². The number of imidazole rings is 1. The topological polar surface area (TPSA) is 80.5 Å². The normalized spacial score (nSPS) is 15.9. The molecule has 0 amide bonds. The molecule has 2 N–H and O–H groups in total. The third-order valence-electron chi connectivity index (χ3n) is 3.38. The number of nitrogens with one attached hydrogen (secondary N) is 2. The molecule has 0 aliphatic heterocycles. The van der Waals surface area contributed by atoms with Crippen molar-refractivity contribution in [3.8, 4) is 5.95 Å². The molecule has 0 saturated heterocycles. The van der Waals surface area contributed by atoms with Crippen molar-refractivity contribution in [1.29, 1.82) is 0 Å². The van der Waals surface area contributed by atoms with E-state index in [1.165, 1.54) is 12.8 Å². The highest BCUT2D eigenvalue weighted by Gasteiger charge is 2.28. The fraction of sp³-hybridized carbons (Fsp3) is 0.538. The molecule has 0 radical (unpaired) electrons. The largest absolute Gasteiger partial charge is 0.354 e. The number of nitrogens with zero attached hydrogens (tertiary/aromatic N) is 5. The lowest BCUT2D eigenvalue weighted by atomic mass is 10.2. The van der Waals surface area contributed by atoms with E-state index in [-0.39, 0.29) is 0 Å². The van der Waals surface area contributed by atoms with Crippen LogP contribution < -0.4 is 10.6 Å². The molecule has 0 spiro atoms. The summed E-state index contributed by atoms with van der Waals surface area (Å²) in [5.41, 5.74) is 0. The molecule has 2 heterocycles. The molecule has 3 rings (SSSR count). The van der Waals surface area contributed by atoms with Crippen molar-refractivity contribution < 1.29 is 0 Å². The van der Waals surface area contributed by atoms with E-state index in [9.17, 15) is 0 Å². The zero-order chi connectivity index (χ0) is 13.9. The van der Waals surface area contributed by atoms with E-state index in [1.54, 1.807) is 17.1 Å². The Morgan fingerprint density at radius 2 is 2.10 bits per heavy atom. The van der Waals surface area contributed by atoms with Crippen LogP contribution in [-0.4, -0.2) is 37.1 Å². The zero-order valence-corrected chi connectivity index (χ0v) is 11.7. The van der Waals surface area contributed by atoms with Gasteiger partial charge in [0.15, 0.2) is 0 Å². The van der Waals surface area contributed by atoms with E-state index < -0.39 is 0 Å². The maximum Gasteiger partial charge on any atom is 0.241 e. The number of rotatable bonds is 6. The Labute approximate surface area is 117 Å². The summed E-state index contributed by atoms with van der Waals surface area (Å²) in [6.07, 6.45) is 7.77. The summed E-state index contributed by atoms with van der Waals surface area (Å²) < 4.78 is 1.77. The van der Waals surface area contributed by atoms with Gasteiger partial charge in [0.25, 0.3) is 0 Å². The molecule has 7 nitrogen and oxygen atoms in total. The van der Waals surface area contributed by atoms with Crippen LogP contribution in [0.1, 0.15) is 26.7 Å². The third-order valence-corrected chi connectivity index (χ3v) is 3.38. The van der Waals surface area contributed by atoms with Crippen molar-refractivity contribution in [3.63, 3.8) is 0 Å². The van der Waals surface area contributed by atoms with E-state index in [1.807, 2.05) is 13.1 Å². The quantitative estimate of drug-likeness (QED) is 0.834. The number of anilines is 2. The van der Waals surface area contributed by atoms with Gasteiger partial charge < -0.3 is 10.6 Å². The second-order valence-corrected chi connectivity index (χ2v) is 5.05. The molecular weight excluding hydrogens is 254 g/mol. The average Bonchev–Trinajstić information content (AvgIpc) is 3.14. The standard InChI is InChI=1S/C13H19N7/c1-3-15-11-17-12(16-9(2)10-4-5-10)19-13(18-11)20-7-6-14-8-20/h6-10H,3-5H2,1-2H3,(H2,15,16,17,18,19). The van der Waals surface area contributed by atoms with Crippen LogP contribution >= 0.6 is 0 Å². The second-order valence-electron chi connectivity index (χ2n) is 5.05. The molecule has 1 unspecified atom stereocenters. The highest BCUT2D eigenvalue weighted by atomic mass is 15.3. The summed E-state index contributed by atoms with van der Waals surface area (Å²) in [4.78, 5) is 17.3.